The van der Waals surface area contributed by atoms with Crippen molar-refractivity contribution in [2.24, 2.45) is 10.8 Å². The molecule has 0 radical (unpaired) electrons. The molecule has 4 rings (SSSR count). The normalized spacial score (nSPS) is 11.7. The number of carbonyl (C=O) groups is 1. The molecule has 0 spiro atoms. The second-order valence-corrected chi connectivity index (χ2v) is 15.9. The van der Waals surface area contributed by atoms with Gasteiger partial charge in [-0.05, 0) is 85.3 Å². The van der Waals surface area contributed by atoms with Crippen LogP contribution in [0.1, 0.15) is 31.2 Å². The molecule has 0 aliphatic heterocycles. The fourth-order valence-corrected chi connectivity index (χ4v) is 10.3. The number of carbonyl (C=O) groups excluding carboxylic acids is 1. The molecule has 0 heterocycles. The summed E-state index contributed by atoms with van der Waals surface area (Å²) in [5.41, 5.74) is -5.22. The number of hydrogen-bond donors (Lipinski definition) is 2. The number of phenols is 1. The van der Waals surface area contributed by atoms with Crippen LogP contribution in [0.2, 0.25) is 0 Å². The van der Waals surface area contributed by atoms with Gasteiger partial charge in [-0.3, -0.25) is 4.79 Å². The molecule has 0 aromatic heterocycles. The topological polar surface area (TPSA) is 94.5 Å². The van der Waals surface area contributed by atoms with Crippen molar-refractivity contribution in [1.82, 2.24) is 0 Å². The Kier molecular flexibility index (Phi) is 33.5. The number of alkyl halides is 14. The van der Waals surface area contributed by atoms with Gasteiger partial charge in [0.25, 0.3) is 1.43 Å². The first-order valence-corrected chi connectivity index (χ1v) is 23.0. The summed E-state index contributed by atoms with van der Waals surface area (Å²) in [6.07, 6.45) is -14.7. The smallest absolute Gasteiger partial charge is 0.508 e. The van der Waals surface area contributed by atoms with E-state index in [-0.39, 0.29) is 144 Å². The minimum atomic E-state index is -4.98. The largest absolute Gasteiger partial charge is 1.00 e. The van der Waals surface area contributed by atoms with E-state index in [2.05, 4.69) is 89.8 Å². The molecule has 0 saturated carbocycles. The quantitative estimate of drug-likeness (QED) is 0.0220. The first-order valence-electron chi connectivity index (χ1n) is 20.8. The van der Waals surface area contributed by atoms with E-state index in [1.807, 2.05) is 0 Å². The van der Waals surface area contributed by atoms with Crippen molar-refractivity contribution in [2.45, 2.75) is 25.5 Å². The van der Waals surface area contributed by atoms with Gasteiger partial charge < -0.3 is 28.6 Å². The van der Waals surface area contributed by atoms with Crippen molar-refractivity contribution in [3.63, 3.8) is 0 Å². The molecule has 0 unspecified atom stereocenters. The predicted octanol–water partition coefficient (Wildman–Crippen LogP) is 9.60. The van der Waals surface area contributed by atoms with Crippen LogP contribution in [0.4, 0.5) is 61.5 Å². The third-order valence-corrected chi connectivity index (χ3v) is 13.9. The Balaban J connectivity index is -0.000000270. The van der Waals surface area contributed by atoms with E-state index in [0.717, 1.165) is 45.6 Å². The average molecular weight is 1390 g/mol. The van der Waals surface area contributed by atoms with Crippen LogP contribution < -0.4 is 117 Å². The van der Waals surface area contributed by atoms with Gasteiger partial charge in [-0.15, -0.1) is 0 Å². The van der Waals surface area contributed by atoms with Crippen LogP contribution >= 0.6 is 79.6 Å². The number of ether oxygens (including phenoxy) is 3. The maximum atomic E-state index is 13.7. The number of rotatable bonds is 16. The van der Waals surface area contributed by atoms with Crippen LogP contribution in [0.5, 0.6) is 23.0 Å². The van der Waals surface area contributed by atoms with Crippen LogP contribution in [0, 0.1) is 48.2 Å². The zero-order valence-corrected chi connectivity index (χ0v) is 49.6. The summed E-state index contributed by atoms with van der Waals surface area (Å²) in [5, 5.41) is 15.8. The van der Waals surface area contributed by atoms with Gasteiger partial charge in [0.05, 0.1) is 22.1 Å². The Morgan fingerprint density at radius 1 is 0.574 bits per heavy atom. The van der Waals surface area contributed by atoms with Gasteiger partial charge in [-0.2, -0.15) is 46.7 Å². The summed E-state index contributed by atoms with van der Waals surface area (Å²) >= 11 is 17.1. The van der Waals surface area contributed by atoms with E-state index in [4.69, 9.17) is 34.5 Å². The number of halogens is 19. The Morgan fingerprint density at radius 2 is 0.882 bits per heavy atom. The van der Waals surface area contributed by atoms with Crippen LogP contribution in [-0.2, 0) is 28.2 Å². The first kappa shape index (κ1) is 64.3. The van der Waals surface area contributed by atoms with E-state index >= 15 is 0 Å². The molecule has 68 heavy (non-hydrogen) atoms. The van der Waals surface area contributed by atoms with Crippen LogP contribution in [0.15, 0.2) is 72.8 Å². The van der Waals surface area contributed by atoms with Gasteiger partial charge in [-0.25, -0.2) is 22.8 Å². The van der Waals surface area contributed by atoms with Gasteiger partial charge in [0, 0.05) is 41.0 Å². The molecule has 0 atom stereocenters. The summed E-state index contributed by atoms with van der Waals surface area (Å²) in [7, 11) is 1.75. The van der Waals surface area contributed by atoms with E-state index in [9.17, 15) is 61.5 Å². The van der Waals surface area contributed by atoms with E-state index in [1.54, 1.807) is 7.18 Å². The van der Waals surface area contributed by atoms with E-state index < -0.39 is 82.9 Å². The second kappa shape index (κ2) is 35.4. The monoisotopic (exact) mass is 1390 g/mol. The molecule has 4 aromatic carbocycles. The van der Waals surface area contributed by atoms with Gasteiger partial charge in [0.15, 0.2) is 0 Å². The number of aromatic hydroxyl groups is 1. The molecule has 0 bridgehead atoms. The van der Waals surface area contributed by atoms with Crippen molar-refractivity contribution >= 4 is 86.1 Å². The Hall–Kier alpha value is 0.203. The standard InChI is InChI=1S/C26H20BrF9O3.C7H4F4O.C5H8Br4.CH2F.CH2O3.2K.3H2/c1-15-8-16(2-5-21(15)28)37-12-24(11-27,13-38-17-3-6-22(29)19(9-17)25(31,32)33)14-39-18-4-7-23(30)20(10-18)26(34,35)36;8-6-2-1-4(12)3-5(6)7(9,10)11;6-1-5(2-7,3-8)4-9;1-2;2-1-4-3;;;;;/h2-10H,11-14H2,1H3;1-3,12H;1-4H2;1H2;1,3H;;;3*1H/q;;;-1;;2*+1;;;/i;;;;;;;3*1+2T/hD. The number of phenolic OH excluding ortho intramolecular Hbond substituents is 1. The maximum Gasteiger partial charge on any atom is 1.00 e. The van der Waals surface area contributed by atoms with Crippen molar-refractivity contribution < 1.29 is 207 Å². The Labute approximate surface area is 519 Å². The van der Waals surface area contributed by atoms with Crippen molar-refractivity contribution in [1.29, 1.82) is 1.43 Å². The van der Waals surface area contributed by atoms with Gasteiger partial charge in [0.1, 0.15) is 66.1 Å². The number of benzene rings is 4. The molecule has 0 amide bonds. The fraction of sp³-hybridized carbons (Fsp3) is 0.350. The molecule has 28 heteroatoms. The third-order valence-electron chi connectivity index (χ3n) is 7.96. The average Bonchev–Trinajstić information content (AvgIpc) is 3.37. The SMILES string of the molecule is BrCC(CBr)(CBr)CBr.Cc1cc(OCC(CBr)(COc2ccc(F)c(C(F)(F)F)c2)COc2ccc(F)c(C(F)(F)F)c2)ccc1F.Oc1ccc(F)c(C(F)(F)F)c1.[2H]OOC=O.[3H][3H].[3H][3H].[3H][3H].[CH2-]F.[K+].[K+]. The molecule has 2 N–H and O–H groups in total. The molecule has 0 saturated heterocycles. The molecule has 0 aliphatic rings. The Bertz CT molecular complexity index is 2040. The van der Waals surface area contributed by atoms with Crippen molar-refractivity contribution in [3.8, 4) is 23.0 Å². The molecule has 0 aliphatic carbocycles. The van der Waals surface area contributed by atoms with E-state index in [1.165, 1.54) is 19.1 Å². The summed E-state index contributed by atoms with van der Waals surface area (Å²) in [6, 6.07) is 9.69. The molecule has 378 valence electrons. The van der Waals surface area contributed by atoms with E-state index in [0.29, 0.717) is 41.8 Å². The summed E-state index contributed by atoms with van der Waals surface area (Å²) in [5.74, 6) is -5.95. The summed E-state index contributed by atoms with van der Waals surface area (Å²) in [4.78, 5) is 12.3. The van der Waals surface area contributed by atoms with Gasteiger partial charge >= 0.3 is 128 Å². The van der Waals surface area contributed by atoms with Crippen LogP contribution in [0.25, 0.3) is 1.43 Å². The minimum Gasteiger partial charge on any atom is -0.508 e. The van der Waals surface area contributed by atoms with Crippen LogP contribution in [-0.4, -0.2) is 63.3 Å². The second-order valence-electron chi connectivity index (χ2n) is 13.1. The zero-order chi connectivity index (χ0) is 57.8. The molecular formula is C40H42Br5F14K2O7+. The molecule has 4 aromatic rings. The summed E-state index contributed by atoms with van der Waals surface area (Å²) < 4.78 is 229. The first-order chi connectivity index (χ1) is 34.2. The summed E-state index contributed by atoms with van der Waals surface area (Å²) in [6.45, 7) is 0.437. The molecule has 7 nitrogen and oxygen atoms in total. The number of aryl methyl sites for hydroxylation is 1. The Morgan fingerprint density at radius 3 is 1.13 bits per heavy atom. The zero-order valence-electron chi connectivity index (χ0n) is 42.4. The molecular weight excluding hydrogens is 1340 g/mol. The fourth-order valence-electron chi connectivity index (χ4n) is 4.22. The van der Waals surface area contributed by atoms with Crippen LogP contribution in [0.3, 0.4) is 0 Å². The van der Waals surface area contributed by atoms with Crippen molar-refractivity contribution in [2.75, 3.05) is 46.5 Å². The predicted molar refractivity (Wildman–Crippen MR) is 240 cm³/mol. The van der Waals surface area contributed by atoms with Gasteiger partial charge in [-0.1, -0.05) is 79.6 Å². The van der Waals surface area contributed by atoms with Crippen molar-refractivity contribution in [3.05, 3.63) is 125 Å². The van der Waals surface area contributed by atoms with Gasteiger partial charge in [0.2, 0.25) is 0 Å². The third kappa shape index (κ3) is 25.9. The number of hydrogen-bond acceptors (Lipinski definition) is 7. The molecule has 0 fully saturated rings. The maximum absolute atomic E-state index is 13.7. The minimum absolute atomic E-state index is 0.